The van der Waals surface area contributed by atoms with Gasteiger partial charge in [-0.2, -0.15) is 0 Å². The average Bonchev–Trinajstić information content (AvgIpc) is 2.48. The molecule has 3 rings (SSSR count). The Morgan fingerprint density at radius 1 is 1.10 bits per heavy atom. The number of hydrogen-bond acceptors (Lipinski definition) is 2. The van der Waals surface area contributed by atoms with Gasteiger partial charge >= 0.3 is 0 Å². The van der Waals surface area contributed by atoms with Crippen molar-refractivity contribution < 1.29 is 4.74 Å². The van der Waals surface area contributed by atoms with Crippen LogP contribution in [-0.2, 0) is 6.61 Å². The van der Waals surface area contributed by atoms with Crippen LogP contribution in [0.15, 0.2) is 59.2 Å². The summed E-state index contributed by atoms with van der Waals surface area (Å²) in [4.78, 5) is 4.36. The van der Waals surface area contributed by atoms with Gasteiger partial charge in [0.1, 0.15) is 12.4 Å². The minimum atomic E-state index is 0.546. The zero-order valence-corrected chi connectivity index (χ0v) is 12.7. The summed E-state index contributed by atoms with van der Waals surface area (Å²) in [5, 5.41) is 1.14. The van der Waals surface area contributed by atoms with Crippen LogP contribution in [0.25, 0.3) is 10.9 Å². The minimum Gasteiger partial charge on any atom is -0.489 e. The van der Waals surface area contributed by atoms with Crippen LogP contribution in [0.4, 0.5) is 0 Å². The van der Waals surface area contributed by atoms with Crippen LogP contribution in [0.5, 0.6) is 5.75 Å². The molecular formula is C17H14BrNO. The van der Waals surface area contributed by atoms with Crippen molar-refractivity contribution >= 4 is 26.8 Å². The highest BCUT2D eigenvalue weighted by molar-refractivity contribution is 9.10. The Labute approximate surface area is 126 Å². The molecule has 3 aromatic rings. The van der Waals surface area contributed by atoms with Crippen LogP contribution in [0.2, 0.25) is 0 Å². The number of para-hydroxylation sites is 1. The van der Waals surface area contributed by atoms with Crippen molar-refractivity contribution in [2.45, 2.75) is 13.5 Å². The van der Waals surface area contributed by atoms with E-state index < -0.39 is 0 Å². The lowest BCUT2D eigenvalue weighted by Crippen LogP contribution is -1.97. The van der Waals surface area contributed by atoms with Crippen LogP contribution in [0.1, 0.15) is 11.1 Å². The number of nitrogens with zero attached hydrogens (tertiary/aromatic N) is 1. The Bertz CT molecular complexity index is 750. The molecular weight excluding hydrogens is 314 g/mol. The fourth-order valence-corrected chi connectivity index (χ4v) is 2.40. The fraction of sp³-hybridized carbons (Fsp3) is 0.118. The summed E-state index contributed by atoms with van der Waals surface area (Å²) in [6, 6.07) is 16.1. The molecule has 1 heterocycles. The van der Waals surface area contributed by atoms with Gasteiger partial charge in [0, 0.05) is 21.6 Å². The number of benzene rings is 2. The number of ether oxygens (including phenoxy) is 1. The Balaban J connectivity index is 1.85. The lowest BCUT2D eigenvalue weighted by Gasteiger charge is -2.09. The van der Waals surface area contributed by atoms with Gasteiger partial charge in [0.05, 0.1) is 5.52 Å². The summed E-state index contributed by atoms with van der Waals surface area (Å²) in [6.45, 7) is 2.60. The first-order valence-corrected chi connectivity index (χ1v) is 7.25. The van der Waals surface area contributed by atoms with Crippen molar-refractivity contribution in [2.24, 2.45) is 0 Å². The number of halogens is 1. The van der Waals surface area contributed by atoms with Gasteiger partial charge in [-0.05, 0) is 42.8 Å². The Morgan fingerprint density at radius 2 is 1.95 bits per heavy atom. The van der Waals surface area contributed by atoms with E-state index in [0.29, 0.717) is 6.61 Å². The normalized spacial score (nSPS) is 10.7. The molecule has 0 unspecified atom stereocenters. The summed E-state index contributed by atoms with van der Waals surface area (Å²) >= 11 is 3.49. The Hall–Kier alpha value is -1.87. The van der Waals surface area contributed by atoms with E-state index in [-0.39, 0.29) is 0 Å². The maximum absolute atomic E-state index is 5.89. The summed E-state index contributed by atoms with van der Waals surface area (Å²) in [6.07, 6.45) is 1.83. The minimum absolute atomic E-state index is 0.546. The van der Waals surface area contributed by atoms with Crippen LogP contribution in [-0.4, -0.2) is 4.98 Å². The standard InChI is InChI=1S/C17H14BrNO/c1-12-10-14(6-7-16(12)18)20-11-13-8-9-19-17-5-3-2-4-15(13)17/h2-10H,11H2,1H3. The highest BCUT2D eigenvalue weighted by Crippen LogP contribution is 2.23. The molecule has 0 aliphatic rings. The highest BCUT2D eigenvalue weighted by Gasteiger charge is 2.03. The summed E-state index contributed by atoms with van der Waals surface area (Å²) in [7, 11) is 0. The monoisotopic (exact) mass is 327 g/mol. The zero-order valence-electron chi connectivity index (χ0n) is 11.1. The van der Waals surface area contributed by atoms with Crippen molar-refractivity contribution in [3.63, 3.8) is 0 Å². The maximum atomic E-state index is 5.89. The van der Waals surface area contributed by atoms with Gasteiger partial charge in [0.15, 0.2) is 0 Å². The molecule has 1 aromatic heterocycles. The largest absolute Gasteiger partial charge is 0.489 e. The molecule has 0 amide bonds. The van der Waals surface area contributed by atoms with E-state index in [1.165, 1.54) is 5.56 Å². The maximum Gasteiger partial charge on any atom is 0.120 e. The molecule has 0 fully saturated rings. The van der Waals surface area contributed by atoms with Crippen LogP contribution in [0, 0.1) is 6.92 Å². The van der Waals surface area contributed by atoms with Crippen molar-refractivity contribution in [1.82, 2.24) is 4.98 Å². The quantitative estimate of drug-likeness (QED) is 0.683. The smallest absolute Gasteiger partial charge is 0.120 e. The predicted octanol–water partition coefficient (Wildman–Crippen LogP) is 4.88. The van der Waals surface area contributed by atoms with Gasteiger partial charge in [-0.3, -0.25) is 4.98 Å². The van der Waals surface area contributed by atoms with Crippen molar-refractivity contribution in [2.75, 3.05) is 0 Å². The molecule has 0 N–H and O–H groups in total. The molecule has 20 heavy (non-hydrogen) atoms. The Morgan fingerprint density at radius 3 is 2.80 bits per heavy atom. The topological polar surface area (TPSA) is 22.1 Å². The number of rotatable bonds is 3. The third-order valence-electron chi connectivity index (χ3n) is 3.26. The van der Waals surface area contributed by atoms with Gasteiger partial charge in [-0.1, -0.05) is 34.1 Å². The molecule has 0 radical (unpaired) electrons. The molecule has 0 saturated heterocycles. The lowest BCUT2D eigenvalue weighted by atomic mass is 10.1. The first kappa shape index (κ1) is 13.1. The second-order valence-electron chi connectivity index (χ2n) is 4.69. The molecule has 0 aliphatic carbocycles. The first-order chi connectivity index (χ1) is 9.74. The molecule has 0 aliphatic heterocycles. The van der Waals surface area contributed by atoms with E-state index in [2.05, 4.69) is 33.9 Å². The van der Waals surface area contributed by atoms with Crippen molar-refractivity contribution in [1.29, 1.82) is 0 Å². The van der Waals surface area contributed by atoms with Gasteiger partial charge < -0.3 is 4.74 Å². The fourth-order valence-electron chi connectivity index (χ4n) is 2.15. The van der Waals surface area contributed by atoms with Gasteiger partial charge in [-0.25, -0.2) is 0 Å². The number of aryl methyl sites for hydroxylation is 1. The van der Waals surface area contributed by atoms with E-state index in [0.717, 1.165) is 26.7 Å². The molecule has 0 bridgehead atoms. The number of hydrogen-bond donors (Lipinski definition) is 0. The Kier molecular flexibility index (Phi) is 3.70. The van der Waals surface area contributed by atoms with Gasteiger partial charge in [0.2, 0.25) is 0 Å². The summed E-state index contributed by atoms with van der Waals surface area (Å²) < 4.78 is 6.98. The molecule has 0 saturated carbocycles. The molecule has 0 atom stereocenters. The SMILES string of the molecule is Cc1cc(OCc2ccnc3ccccc23)ccc1Br. The van der Waals surface area contributed by atoms with Gasteiger partial charge in [-0.15, -0.1) is 0 Å². The molecule has 3 heteroatoms. The summed E-state index contributed by atoms with van der Waals surface area (Å²) in [5.74, 6) is 0.881. The van der Waals surface area contributed by atoms with E-state index >= 15 is 0 Å². The van der Waals surface area contributed by atoms with Crippen LogP contribution >= 0.6 is 15.9 Å². The third kappa shape index (κ3) is 2.68. The summed E-state index contributed by atoms with van der Waals surface area (Å²) in [5.41, 5.74) is 3.32. The van der Waals surface area contributed by atoms with Crippen LogP contribution < -0.4 is 4.74 Å². The molecule has 2 aromatic carbocycles. The van der Waals surface area contributed by atoms with Crippen molar-refractivity contribution in [3.8, 4) is 5.75 Å². The lowest BCUT2D eigenvalue weighted by molar-refractivity contribution is 0.307. The van der Waals surface area contributed by atoms with E-state index in [1.54, 1.807) is 0 Å². The average molecular weight is 328 g/mol. The number of aromatic nitrogens is 1. The second kappa shape index (κ2) is 5.63. The van der Waals surface area contributed by atoms with Gasteiger partial charge in [0.25, 0.3) is 0 Å². The van der Waals surface area contributed by atoms with E-state index in [4.69, 9.17) is 4.74 Å². The third-order valence-corrected chi connectivity index (χ3v) is 4.15. The second-order valence-corrected chi connectivity index (χ2v) is 5.54. The molecule has 100 valence electrons. The zero-order chi connectivity index (χ0) is 13.9. The number of fused-ring (bicyclic) bond motifs is 1. The van der Waals surface area contributed by atoms with Crippen molar-refractivity contribution in [3.05, 3.63) is 70.3 Å². The van der Waals surface area contributed by atoms with E-state index in [1.807, 2.05) is 48.7 Å². The molecule has 0 spiro atoms. The highest BCUT2D eigenvalue weighted by atomic mass is 79.9. The number of pyridine rings is 1. The predicted molar refractivity (Wildman–Crippen MR) is 85.0 cm³/mol. The molecule has 2 nitrogen and oxygen atoms in total. The van der Waals surface area contributed by atoms with Crippen LogP contribution in [0.3, 0.4) is 0 Å². The first-order valence-electron chi connectivity index (χ1n) is 6.45. The van der Waals surface area contributed by atoms with E-state index in [9.17, 15) is 0 Å².